The van der Waals surface area contributed by atoms with Crippen LogP contribution < -0.4 is 5.73 Å². The molecule has 2 heterocycles. The van der Waals surface area contributed by atoms with Crippen LogP contribution in [-0.4, -0.2) is 42.5 Å². The molecule has 2 aromatic heterocycles. The lowest BCUT2D eigenvalue weighted by Crippen LogP contribution is -2.17. The molecular weight excluding hydrogens is 511 g/mol. The molecular formula is C28H24F3N5O3. The number of alkyl halides is 3. The van der Waals surface area contributed by atoms with Crippen LogP contribution in [0.15, 0.2) is 55.1 Å². The highest BCUT2D eigenvalue weighted by molar-refractivity contribution is 5.98. The van der Waals surface area contributed by atoms with E-state index in [2.05, 4.69) is 21.8 Å². The fourth-order valence-electron chi connectivity index (χ4n) is 3.94. The molecule has 0 fully saturated rings. The molecule has 0 saturated carbocycles. The second kappa shape index (κ2) is 11.0. The van der Waals surface area contributed by atoms with E-state index >= 15 is 0 Å². The molecule has 0 atom stereocenters. The molecule has 2 aromatic carbocycles. The van der Waals surface area contributed by atoms with Gasteiger partial charge in [0.1, 0.15) is 5.69 Å². The van der Waals surface area contributed by atoms with Gasteiger partial charge in [0.15, 0.2) is 11.6 Å². The predicted molar refractivity (Wildman–Crippen MR) is 136 cm³/mol. The number of hydrogen-bond acceptors (Lipinski definition) is 5. The van der Waals surface area contributed by atoms with Crippen molar-refractivity contribution in [2.24, 2.45) is 12.8 Å². The maximum Gasteiger partial charge on any atom is 0.416 e. The number of aliphatic hydroxyl groups excluding tert-OH is 1. The zero-order valence-electron chi connectivity index (χ0n) is 21.1. The zero-order valence-corrected chi connectivity index (χ0v) is 21.1. The number of halogens is 3. The van der Waals surface area contributed by atoms with Gasteiger partial charge >= 0.3 is 6.18 Å². The van der Waals surface area contributed by atoms with Gasteiger partial charge in [-0.1, -0.05) is 18.1 Å². The minimum absolute atomic E-state index is 0.0562. The molecule has 0 aliphatic heterocycles. The van der Waals surface area contributed by atoms with Gasteiger partial charge in [-0.3, -0.25) is 9.59 Å². The summed E-state index contributed by atoms with van der Waals surface area (Å²) in [5.41, 5.74) is 7.37. The zero-order chi connectivity index (χ0) is 28.3. The third-order valence-electron chi connectivity index (χ3n) is 6.07. The Kier molecular flexibility index (Phi) is 7.69. The first kappa shape index (κ1) is 27.3. The van der Waals surface area contributed by atoms with Gasteiger partial charge in [-0.25, -0.2) is 9.97 Å². The van der Waals surface area contributed by atoms with Gasteiger partial charge in [-0.2, -0.15) is 13.2 Å². The molecule has 200 valence electrons. The highest BCUT2D eigenvalue weighted by Crippen LogP contribution is 2.32. The summed E-state index contributed by atoms with van der Waals surface area (Å²) < 4.78 is 43.9. The Bertz CT molecular complexity index is 1620. The van der Waals surface area contributed by atoms with Crippen LogP contribution in [0.2, 0.25) is 0 Å². The number of benzene rings is 2. The van der Waals surface area contributed by atoms with Crippen molar-refractivity contribution in [2.75, 3.05) is 6.61 Å². The third kappa shape index (κ3) is 6.25. The second-order valence-electron chi connectivity index (χ2n) is 8.90. The van der Waals surface area contributed by atoms with Gasteiger partial charge in [0.2, 0.25) is 0 Å². The average Bonchev–Trinajstić information content (AvgIpc) is 3.49. The summed E-state index contributed by atoms with van der Waals surface area (Å²) in [5, 5.41) is 9.10. The molecule has 4 aromatic rings. The first-order valence-electron chi connectivity index (χ1n) is 11.8. The van der Waals surface area contributed by atoms with E-state index in [1.54, 1.807) is 25.2 Å². The van der Waals surface area contributed by atoms with Crippen molar-refractivity contribution < 1.29 is 27.9 Å². The number of ketones is 1. The summed E-state index contributed by atoms with van der Waals surface area (Å²) in [6.45, 7) is 1.67. The highest BCUT2D eigenvalue weighted by atomic mass is 19.4. The largest absolute Gasteiger partial charge is 0.416 e. The van der Waals surface area contributed by atoms with E-state index < -0.39 is 17.6 Å². The molecule has 0 saturated heterocycles. The Balaban J connectivity index is 1.63. The number of amides is 1. The Hall–Kier alpha value is -4.69. The molecule has 0 spiro atoms. The van der Waals surface area contributed by atoms with E-state index in [1.165, 1.54) is 33.9 Å². The summed E-state index contributed by atoms with van der Waals surface area (Å²) in [6, 6.07) is 8.35. The van der Waals surface area contributed by atoms with E-state index in [4.69, 9.17) is 10.8 Å². The third-order valence-corrected chi connectivity index (χ3v) is 6.07. The minimum atomic E-state index is -4.62. The number of carbonyl (C=O) groups is 2. The number of carbonyl (C=O) groups excluding carboxylic acids is 2. The Morgan fingerprint density at radius 1 is 1.10 bits per heavy atom. The number of aliphatic hydroxyl groups is 1. The average molecular weight is 536 g/mol. The van der Waals surface area contributed by atoms with Crippen molar-refractivity contribution in [3.8, 4) is 17.5 Å². The molecule has 0 bridgehead atoms. The Morgan fingerprint density at radius 2 is 1.87 bits per heavy atom. The molecule has 8 nitrogen and oxygen atoms in total. The summed E-state index contributed by atoms with van der Waals surface area (Å²) >= 11 is 0. The first-order chi connectivity index (χ1) is 18.5. The number of aryl methyl sites for hydroxylation is 1. The highest BCUT2D eigenvalue weighted by Gasteiger charge is 2.31. The number of Topliss-reactive ketones (excluding diaryl/α,β-unsaturated/α-hetero) is 1. The lowest BCUT2D eigenvalue weighted by Gasteiger charge is -2.13. The smallest absolute Gasteiger partial charge is 0.396 e. The van der Waals surface area contributed by atoms with Crippen molar-refractivity contribution in [3.63, 3.8) is 0 Å². The van der Waals surface area contributed by atoms with Crippen LogP contribution in [0.3, 0.4) is 0 Å². The van der Waals surface area contributed by atoms with Gasteiger partial charge in [0, 0.05) is 49.5 Å². The van der Waals surface area contributed by atoms with Crippen molar-refractivity contribution >= 4 is 11.7 Å². The van der Waals surface area contributed by atoms with Crippen LogP contribution in [0.1, 0.15) is 54.6 Å². The van der Waals surface area contributed by atoms with Crippen LogP contribution in [0.4, 0.5) is 13.2 Å². The summed E-state index contributed by atoms with van der Waals surface area (Å²) in [5.74, 6) is 4.85. The topological polar surface area (TPSA) is 116 Å². The maximum absolute atomic E-state index is 13.7. The Labute approximate surface area is 221 Å². The van der Waals surface area contributed by atoms with Crippen LogP contribution in [0.5, 0.6) is 0 Å². The van der Waals surface area contributed by atoms with E-state index in [1.807, 2.05) is 6.92 Å². The molecule has 4 rings (SSSR count). The fraction of sp³-hybridized carbons (Fsp3) is 0.214. The first-order valence-corrected chi connectivity index (χ1v) is 11.8. The molecule has 39 heavy (non-hydrogen) atoms. The Morgan fingerprint density at radius 3 is 2.54 bits per heavy atom. The number of imidazole rings is 2. The van der Waals surface area contributed by atoms with Gasteiger partial charge in [0.25, 0.3) is 5.91 Å². The predicted octanol–water partition coefficient (Wildman–Crippen LogP) is 3.39. The number of primary amides is 1. The minimum Gasteiger partial charge on any atom is -0.396 e. The normalized spacial score (nSPS) is 11.2. The van der Waals surface area contributed by atoms with E-state index in [0.717, 1.165) is 17.7 Å². The van der Waals surface area contributed by atoms with Crippen LogP contribution >= 0.6 is 0 Å². The standard InChI is InChI=1S/C28H24F3N5O3/c1-17-3-4-20(12-19(17)5-6-23-14-33-27(26(32)39)35(23)2)25(38)11-18-9-21(28(29,30)31)13-24(10-18)36-15-22(7-8-37)34-16-36/h3-4,9-10,12-16,37H,7-8,11H2,1-2H3,(H2,32,39). The molecule has 3 N–H and O–H groups in total. The lowest BCUT2D eigenvalue weighted by molar-refractivity contribution is -0.137. The van der Waals surface area contributed by atoms with Gasteiger partial charge in [-0.15, -0.1) is 0 Å². The lowest BCUT2D eigenvalue weighted by atomic mass is 9.97. The van der Waals surface area contributed by atoms with E-state index in [-0.39, 0.29) is 42.3 Å². The number of aromatic nitrogens is 4. The quantitative estimate of drug-likeness (QED) is 0.278. The van der Waals surface area contributed by atoms with Gasteiger partial charge < -0.3 is 20.0 Å². The SMILES string of the molecule is Cc1ccc(C(=O)Cc2cc(-n3cnc(CCO)c3)cc(C(F)(F)F)c2)cc1C#Cc1cnc(C(N)=O)n1C. The van der Waals surface area contributed by atoms with Crippen LogP contribution in [0, 0.1) is 18.8 Å². The van der Waals surface area contributed by atoms with Gasteiger partial charge in [-0.05, 0) is 48.2 Å². The molecule has 0 aliphatic rings. The van der Waals surface area contributed by atoms with Crippen LogP contribution in [0.25, 0.3) is 5.69 Å². The fourth-order valence-corrected chi connectivity index (χ4v) is 3.94. The molecule has 1 amide bonds. The molecule has 0 aliphatic carbocycles. The van der Waals surface area contributed by atoms with Gasteiger partial charge in [0.05, 0.1) is 23.8 Å². The monoisotopic (exact) mass is 535 g/mol. The van der Waals surface area contributed by atoms with Crippen molar-refractivity contribution in [2.45, 2.75) is 25.9 Å². The number of rotatable bonds is 7. The van der Waals surface area contributed by atoms with Crippen molar-refractivity contribution in [1.29, 1.82) is 0 Å². The molecule has 0 radical (unpaired) electrons. The molecule has 11 heteroatoms. The van der Waals surface area contributed by atoms with Crippen molar-refractivity contribution in [3.05, 3.63) is 100 Å². The van der Waals surface area contributed by atoms with E-state index in [9.17, 15) is 22.8 Å². The summed E-state index contributed by atoms with van der Waals surface area (Å²) in [7, 11) is 1.60. The number of hydrogen-bond donors (Lipinski definition) is 2. The summed E-state index contributed by atoms with van der Waals surface area (Å²) in [4.78, 5) is 32.6. The number of nitrogens with zero attached hydrogens (tertiary/aromatic N) is 4. The van der Waals surface area contributed by atoms with Crippen molar-refractivity contribution in [1.82, 2.24) is 19.1 Å². The molecule has 0 unspecified atom stereocenters. The van der Waals surface area contributed by atoms with Crippen LogP contribution in [-0.2, 0) is 26.1 Å². The second-order valence-corrected chi connectivity index (χ2v) is 8.90. The number of nitrogens with two attached hydrogens (primary N) is 1. The van der Waals surface area contributed by atoms with E-state index in [0.29, 0.717) is 22.5 Å². The summed E-state index contributed by atoms with van der Waals surface area (Å²) in [6.07, 6.45) is -0.301. The maximum atomic E-state index is 13.7.